The Morgan fingerprint density at radius 3 is 2.43 bits per heavy atom. The number of ether oxygens (including phenoxy) is 2. The van der Waals surface area contributed by atoms with Crippen molar-refractivity contribution in [2.45, 2.75) is 0 Å². The van der Waals surface area contributed by atoms with Gasteiger partial charge >= 0.3 is 0 Å². The van der Waals surface area contributed by atoms with Crippen LogP contribution in [0.25, 0.3) is 10.8 Å². The molecule has 23 heavy (non-hydrogen) atoms. The molecular weight excluding hydrogens is 306 g/mol. The summed E-state index contributed by atoms with van der Waals surface area (Å²) < 4.78 is 11.5. The summed E-state index contributed by atoms with van der Waals surface area (Å²) in [6.07, 6.45) is 0. The molecule has 0 heterocycles. The van der Waals surface area contributed by atoms with Crippen molar-refractivity contribution in [3.05, 3.63) is 66.7 Å². The lowest BCUT2D eigenvalue weighted by molar-refractivity contribution is 0.343. The third-order valence-corrected chi connectivity index (χ3v) is 3.82. The lowest BCUT2D eigenvalue weighted by Gasteiger charge is -2.10. The van der Waals surface area contributed by atoms with E-state index in [-0.39, 0.29) is 0 Å². The van der Waals surface area contributed by atoms with Gasteiger partial charge in [-0.1, -0.05) is 36.4 Å². The molecule has 0 amide bonds. The maximum Gasteiger partial charge on any atom is 0.135 e. The van der Waals surface area contributed by atoms with E-state index in [9.17, 15) is 0 Å². The van der Waals surface area contributed by atoms with Gasteiger partial charge in [-0.05, 0) is 47.5 Å². The van der Waals surface area contributed by atoms with Crippen LogP contribution in [0.1, 0.15) is 0 Å². The molecule has 0 saturated heterocycles. The van der Waals surface area contributed by atoms with Gasteiger partial charge in [0.05, 0.1) is 6.61 Å². The summed E-state index contributed by atoms with van der Waals surface area (Å²) >= 11 is 1.19. The number of hydrogen-bond acceptors (Lipinski definition) is 4. The fraction of sp³-hybridized carbons (Fsp3) is 0.105. The molecule has 4 heteroatoms. The first kappa shape index (κ1) is 15.3. The Bertz CT molecular complexity index is 819. The number of nitriles is 1. The van der Waals surface area contributed by atoms with Crippen molar-refractivity contribution in [3.63, 3.8) is 0 Å². The zero-order valence-electron chi connectivity index (χ0n) is 12.4. The van der Waals surface area contributed by atoms with Gasteiger partial charge < -0.3 is 9.47 Å². The van der Waals surface area contributed by atoms with E-state index in [0.29, 0.717) is 12.4 Å². The smallest absolute Gasteiger partial charge is 0.135 e. The zero-order chi connectivity index (χ0) is 15.9. The van der Waals surface area contributed by atoms with E-state index in [1.165, 1.54) is 11.8 Å². The van der Waals surface area contributed by atoms with E-state index in [1.54, 1.807) is 0 Å². The first-order chi connectivity index (χ1) is 11.4. The Labute approximate surface area is 139 Å². The normalized spacial score (nSPS) is 10.2. The molecule has 3 rings (SSSR count). The van der Waals surface area contributed by atoms with Crippen molar-refractivity contribution < 1.29 is 9.47 Å². The number of thioether (sulfide) groups is 1. The van der Waals surface area contributed by atoms with Crippen LogP contribution in [0.3, 0.4) is 0 Å². The highest BCUT2D eigenvalue weighted by atomic mass is 32.2. The molecule has 0 fully saturated rings. The van der Waals surface area contributed by atoms with Gasteiger partial charge in [-0.15, -0.1) is 0 Å². The molecule has 0 aliphatic heterocycles. The van der Waals surface area contributed by atoms with Crippen LogP contribution in [0.2, 0.25) is 0 Å². The predicted molar refractivity (Wildman–Crippen MR) is 94.0 cm³/mol. The Morgan fingerprint density at radius 2 is 1.61 bits per heavy atom. The van der Waals surface area contributed by atoms with Crippen molar-refractivity contribution in [3.8, 4) is 22.6 Å². The highest BCUT2D eigenvalue weighted by Crippen LogP contribution is 2.30. The molecule has 0 aromatic heterocycles. The molecular formula is C19H15NO2S. The maximum absolute atomic E-state index is 8.46. The maximum atomic E-state index is 8.46. The van der Waals surface area contributed by atoms with Crippen LogP contribution in [0.15, 0.2) is 66.7 Å². The van der Waals surface area contributed by atoms with Crippen LogP contribution in [0, 0.1) is 10.7 Å². The number of rotatable bonds is 6. The van der Waals surface area contributed by atoms with Crippen molar-refractivity contribution in [1.29, 1.82) is 5.26 Å². The largest absolute Gasteiger partial charge is 0.493 e. The summed E-state index contributed by atoms with van der Waals surface area (Å²) in [6, 6.07) is 21.7. The first-order valence-electron chi connectivity index (χ1n) is 7.26. The van der Waals surface area contributed by atoms with Crippen molar-refractivity contribution in [2.75, 3.05) is 12.4 Å². The molecule has 0 bridgehead atoms. The van der Waals surface area contributed by atoms with Gasteiger partial charge in [-0.3, -0.25) is 0 Å². The van der Waals surface area contributed by atoms with Crippen molar-refractivity contribution in [2.24, 2.45) is 0 Å². The standard InChI is InChI=1S/C19H15NO2S/c20-14-23-13-12-21-16-8-10-17(11-9-16)22-19-7-3-5-15-4-1-2-6-18(15)19/h1-11H,12-13H2. The Morgan fingerprint density at radius 1 is 0.870 bits per heavy atom. The van der Waals surface area contributed by atoms with Crippen molar-refractivity contribution in [1.82, 2.24) is 0 Å². The van der Waals surface area contributed by atoms with Crippen LogP contribution in [-0.2, 0) is 0 Å². The quantitative estimate of drug-likeness (QED) is 0.461. The van der Waals surface area contributed by atoms with E-state index in [1.807, 2.05) is 53.9 Å². The molecule has 3 aromatic rings. The predicted octanol–water partition coefficient (Wildman–Crippen LogP) is 5.23. The summed E-state index contributed by atoms with van der Waals surface area (Å²) in [5.41, 5.74) is 0. The third kappa shape index (κ3) is 3.97. The molecule has 0 aliphatic rings. The minimum Gasteiger partial charge on any atom is -0.493 e. The van der Waals surface area contributed by atoms with Gasteiger partial charge in [0.2, 0.25) is 0 Å². The minimum absolute atomic E-state index is 0.516. The van der Waals surface area contributed by atoms with Crippen LogP contribution < -0.4 is 9.47 Å². The second-order valence-corrected chi connectivity index (χ2v) is 5.72. The number of benzene rings is 3. The highest BCUT2D eigenvalue weighted by Gasteiger charge is 2.03. The second kappa shape index (κ2) is 7.57. The Balaban J connectivity index is 1.69. The fourth-order valence-corrected chi connectivity index (χ4v) is 2.52. The van der Waals surface area contributed by atoms with Gasteiger partial charge in [0.1, 0.15) is 22.6 Å². The van der Waals surface area contributed by atoms with Crippen LogP contribution in [0.4, 0.5) is 0 Å². The van der Waals surface area contributed by atoms with E-state index in [4.69, 9.17) is 14.7 Å². The molecule has 0 radical (unpaired) electrons. The summed E-state index contributed by atoms with van der Waals surface area (Å²) in [6.45, 7) is 0.516. The molecule has 0 unspecified atom stereocenters. The van der Waals surface area contributed by atoms with E-state index in [0.717, 1.165) is 28.0 Å². The molecule has 0 N–H and O–H groups in total. The van der Waals surface area contributed by atoms with E-state index in [2.05, 4.69) is 18.2 Å². The van der Waals surface area contributed by atoms with Gasteiger partial charge in [0.25, 0.3) is 0 Å². The Kier molecular flexibility index (Phi) is 5.02. The van der Waals surface area contributed by atoms with Crippen LogP contribution in [0.5, 0.6) is 17.2 Å². The Hall–Kier alpha value is -2.64. The van der Waals surface area contributed by atoms with Crippen molar-refractivity contribution >= 4 is 22.5 Å². The summed E-state index contributed by atoms with van der Waals surface area (Å²) in [5, 5.41) is 12.7. The SMILES string of the molecule is N#CSCCOc1ccc(Oc2cccc3ccccc23)cc1. The highest BCUT2D eigenvalue weighted by molar-refractivity contribution is 8.03. The molecule has 114 valence electrons. The van der Waals surface area contributed by atoms with Gasteiger partial charge in [-0.25, -0.2) is 0 Å². The molecule has 3 aromatic carbocycles. The summed E-state index contributed by atoms with van der Waals surface area (Å²) in [7, 11) is 0. The fourth-order valence-electron chi connectivity index (χ4n) is 2.26. The molecule has 0 aliphatic carbocycles. The van der Waals surface area contributed by atoms with Crippen LogP contribution in [-0.4, -0.2) is 12.4 Å². The minimum atomic E-state index is 0.516. The number of nitrogens with zero attached hydrogens (tertiary/aromatic N) is 1. The van der Waals surface area contributed by atoms with E-state index < -0.39 is 0 Å². The molecule has 0 atom stereocenters. The average molecular weight is 321 g/mol. The average Bonchev–Trinajstić information content (AvgIpc) is 2.60. The summed E-state index contributed by atoms with van der Waals surface area (Å²) in [5.74, 6) is 3.03. The monoisotopic (exact) mass is 321 g/mol. The topological polar surface area (TPSA) is 42.2 Å². The van der Waals surface area contributed by atoms with Gasteiger partial charge in [-0.2, -0.15) is 5.26 Å². The summed E-state index contributed by atoms with van der Waals surface area (Å²) in [4.78, 5) is 0. The number of thiocyanates is 1. The third-order valence-electron chi connectivity index (χ3n) is 3.32. The van der Waals surface area contributed by atoms with Crippen LogP contribution >= 0.6 is 11.8 Å². The van der Waals surface area contributed by atoms with Gasteiger partial charge in [0.15, 0.2) is 0 Å². The second-order valence-electron chi connectivity index (χ2n) is 4.84. The lowest BCUT2D eigenvalue weighted by atomic mass is 10.1. The molecule has 0 spiro atoms. The zero-order valence-corrected chi connectivity index (χ0v) is 13.3. The number of fused-ring (bicyclic) bond motifs is 1. The van der Waals surface area contributed by atoms with E-state index >= 15 is 0 Å². The molecule has 3 nitrogen and oxygen atoms in total. The number of hydrogen-bond donors (Lipinski definition) is 0. The lowest BCUT2D eigenvalue weighted by Crippen LogP contribution is -1.99. The first-order valence-corrected chi connectivity index (χ1v) is 8.25. The van der Waals surface area contributed by atoms with Gasteiger partial charge in [0, 0.05) is 11.1 Å². The molecule has 0 saturated carbocycles.